The van der Waals surface area contributed by atoms with Crippen molar-refractivity contribution in [1.29, 1.82) is 0 Å². The van der Waals surface area contributed by atoms with Crippen molar-refractivity contribution in [3.63, 3.8) is 0 Å². The van der Waals surface area contributed by atoms with Gasteiger partial charge >= 0.3 is 0 Å². The van der Waals surface area contributed by atoms with Crippen molar-refractivity contribution in [3.05, 3.63) is 16.1 Å². The second kappa shape index (κ2) is 5.96. The molecular formula is C13H19N3OS2. The normalized spacial score (nSPS) is 18.6. The van der Waals surface area contributed by atoms with Gasteiger partial charge in [-0.15, -0.1) is 11.3 Å². The van der Waals surface area contributed by atoms with Crippen LogP contribution in [0.2, 0.25) is 0 Å². The molecule has 1 amide bonds. The van der Waals surface area contributed by atoms with Gasteiger partial charge in [-0.3, -0.25) is 4.79 Å². The quantitative estimate of drug-likeness (QED) is 0.664. The van der Waals surface area contributed by atoms with E-state index in [4.69, 9.17) is 18.0 Å². The summed E-state index contributed by atoms with van der Waals surface area (Å²) in [5, 5.41) is 3.08. The lowest BCUT2D eigenvalue weighted by atomic mass is 9.90. The predicted molar refractivity (Wildman–Crippen MR) is 81.5 cm³/mol. The molecule has 1 saturated carbocycles. The third kappa shape index (κ3) is 3.12. The third-order valence-electron chi connectivity index (χ3n) is 3.73. The fraction of sp³-hybridized carbons (Fsp3) is 0.615. The summed E-state index contributed by atoms with van der Waals surface area (Å²) < 4.78 is 0. The summed E-state index contributed by atoms with van der Waals surface area (Å²) in [6, 6.07) is 0. The lowest BCUT2D eigenvalue weighted by Gasteiger charge is -2.32. The SMILES string of the molecule is Cc1ncsc1C(=O)NC1(C(N)=S)CCCCCC1. The molecule has 104 valence electrons. The monoisotopic (exact) mass is 297 g/mol. The molecule has 1 aromatic rings. The Hall–Kier alpha value is -1.01. The highest BCUT2D eigenvalue weighted by Crippen LogP contribution is 2.28. The molecule has 4 nitrogen and oxygen atoms in total. The molecule has 1 heterocycles. The highest BCUT2D eigenvalue weighted by molar-refractivity contribution is 7.80. The largest absolute Gasteiger partial charge is 0.391 e. The van der Waals surface area contributed by atoms with E-state index < -0.39 is 5.54 Å². The molecule has 2 rings (SSSR count). The van der Waals surface area contributed by atoms with Gasteiger partial charge in [0.2, 0.25) is 0 Å². The number of nitrogens with two attached hydrogens (primary N) is 1. The standard InChI is InChI=1S/C13H19N3OS2/c1-9-10(19-8-15-9)11(17)16-13(12(14)18)6-4-2-3-5-7-13/h8H,2-7H2,1H3,(H2,14,18)(H,16,17). The average molecular weight is 297 g/mol. The van der Waals surface area contributed by atoms with Crippen molar-refractivity contribution in [2.75, 3.05) is 0 Å². The number of hydrogen-bond donors (Lipinski definition) is 2. The zero-order valence-corrected chi connectivity index (χ0v) is 12.7. The number of thiocarbonyl (C=S) groups is 1. The first-order chi connectivity index (χ1) is 9.05. The zero-order chi connectivity index (χ0) is 13.9. The van der Waals surface area contributed by atoms with Crippen LogP contribution in [0.3, 0.4) is 0 Å². The van der Waals surface area contributed by atoms with Crippen molar-refractivity contribution >= 4 is 34.5 Å². The van der Waals surface area contributed by atoms with E-state index in [2.05, 4.69) is 10.3 Å². The van der Waals surface area contributed by atoms with Crippen LogP contribution in [0.5, 0.6) is 0 Å². The first-order valence-corrected chi connectivity index (χ1v) is 7.86. The number of hydrogen-bond acceptors (Lipinski definition) is 4. The number of thiazole rings is 1. The topological polar surface area (TPSA) is 68.0 Å². The number of nitrogens with one attached hydrogen (secondary N) is 1. The molecule has 6 heteroatoms. The zero-order valence-electron chi connectivity index (χ0n) is 11.1. The first kappa shape index (κ1) is 14.4. The van der Waals surface area contributed by atoms with Crippen LogP contribution in [-0.4, -0.2) is 21.4 Å². The number of aromatic nitrogens is 1. The van der Waals surface area contributed by atoms with Crippen molar-refractivity contribution < 1.29 is 4.79 Å². The predicted octanol–water partition coefficient (Wildman–Crippen LogP) is 2.56. The van der Waals surface area contributed by atoms with Gasteiger partial charge in [0.25, 0.3) is 5.91 Å². The number of carbonyl (C=O) groups excluding carboxylic acids is 1. The van der Waals surface area contributed by atoms with Crippen LogP contribution in [0.25, 0.3) is 0 Å². The van der Waals surface area contributed by atoms with E-state index in [9.17, 15) is 4.79 Å². The van der Waals surface area contributed by atoms with Crippen LogP contribution < -0.4 is 11.1 Å². The van der Waals surface area contributed by atoms with E-state index in [0.717, 1.165) is 31.4 Å². The molecule has 19 heavy (non-hydrogen) atoms. The minimum Gasteiger partial charge on any atom is -0.391 e. The molecule has 1 aromatic heterocycles. The van der Waals surface area contributed by atoms with E-state index in [1.807, 2.05) is 6.92 Å². The number of carbonyl (C=O) groups is 1. The summed E-state index contributed by atoms with van der Waals surface area (Å²) in [6.45, 7) is 1.84. The summed E-state index contributed by atoms with van der Waals surface area (Å²) in [6.07, 6.45) is 6.15. The minimum absolute atomic E-state index is 0.102. The van der Waals surface area contributed by atoms with Crippen molar-refractivity contribution in [2.45, 2.75) is 51.0 Å². The average Bonchev–Trinajstić information content (AvgIpc) is 2.64. The summed E-state index contributed by atoms with van der Waals surface area (Å²) >= 11 is 6.57. The fourth-order valence-electron chi connectivity index (χ4n) is 2.56. The maximum Gasteiger partial charge on any atom is 0.264 e. The molecular weight excluding hydrogens is 278 g/mol. The first-order valence-electron chi connectivity index (χ1n) is 6.58. The Labute approximate surface area is 122 Å². The molecule has 0 spiro atoms. The summed E-state index contributed by atoms with van der Waals surface area (Å²) in [7, 11) is 0. The van der Waals surface area contributed by atoms with Gasteiger partial charge in [-0.05, 0) is 19.8 Å². The van der Waals surface area contributed by atoms with Gasteiger partial charge in [0.05, 0.1) is 21.7 Å². The van der Waals surface area contributed by atoms with Crippen molar-refractivity contribution in [3.8, 4) is 0 Å². The molecule has 0 aliphatic heterocycles. The lowest BCUT2D eigenvalue weighted by molar-refractivity contribution is 0.0921. The van der Waals surface area contributed by atoms with Crippen molar-refractivity contribution in [1.82, 2.24) is 10.3 Å². The van der Waals surface area contributed by atoms with E-state index in [1.165, 1.54) is 24.2 Å². The Morgan fingerprint density at radius 2 is 2.05 bits per heavy atom. The fourth-order valence-corrected chi connectivity index (χ4v) is 3.51. The van der Waals surface area contributed by atoms with Crippen LogP contribution in [0.15, 0.2) is 5.51 Å². The van der Waals surface area contributed by atoms with Gasteiger partial charge in [-0.2, -0.15) is 0 Å². The molecule has 0 unspecified atom stereocenters. The second-order valence-corrected chi connectivity index (χ2v) is 6.38. The summed E-state index contributed by atoms with van der Waals surface area (Å²) in [5.41, 5.74) is 7.85. The number of nitrogens with zero attached hydrogens (tertiary/aromatic N) is 1. The van der Waals surface area contributed by atoms with E-state index >= 15 is 0 Å². The molecule has 1 fully saturated rings. The molecule has 0 atom stereocenters. The Morgan fingerprint density at radius 1 is 1.42 bits per heavy atom. The van der Waals surface area contributed by atoms with Crippen LogP contribution in [0, 0.1) is 6.92 Å². The summed E-state index contributed by atoms with van der Waals surface area (Å²) in [4.78, 5) is 17.5. The maximum absolute atomic E-state index is 12.4. The number of rotatable bonds is 3. The van der Waals surface area contributed by atoms with Crippen LogP contribution in [0.1, 0.15) is 53.9 Å². The molecule has 0 bridgehead atoms. The van der Waals surface area contributed by atoms with Gasteiger partial charge < -0.3 is 11.1 Å². The minimum atomic E-state index is -0.515. The van der Waals surface area contributed by atoms with E-state index in [1.54, 1.807) is 5.51 Å². The third-order valence-corrected chi connectivity index (χ3v) is 5.05. The van der Waals surface area contributed by atoms with Crippen LogP contribution >= 0.6 is 23.6 Å². The molecule has 0 aromatic carbocycles. The van der Waals surface area contributed by atoms with Gasteiger partial charge in [0.1, 0.15) is 4.88 Å². The number of aryl methyl sites for hydroxylation is 1. The highest BCUT2D eigenvalue weighted by atomic mass is 32.1. The van der Waals surface area contributed by atoms with Crippen LogP contribution in [-0.2, 0) is 0 Å². The van der Waals surface area contributed by atoms with E-state index in [-0.39, 0.29) is 5.91 Å². The van der Waals surface area contributed by atoms with Gasteiger partial charge in [-0.1, -0.05) is 37.9 Å². The number of amides is 1. The Balaban J connectivity index is 2.19. The highest BCUT2D eigenvalue weighted by Gasteiger charge is 2.36. The molecule has 1 aliphatic rings. The second-order valence-electron chi connectivity index (χ2n) is 5.08. The molecule has 0 saturated heterocycles. The molecule has 0 radical (unpaired) electrons. The Kier molecular flexibility index (Phi) is 4.52. The van der Waals surface area contributed by atoms with Gasteiger partial charge in [-0.25, -0.2) is 4.98 Å². The lowest BCUT2D eigenvalue weighted by Crippen LogP contribution is -2.56. The molecule has 1 aliphatic carbocycles. The maximum atomic E-state index is 12.4. The van der Waals surface area contributed by atoms with Gasteiger partial charge in [0, 0.05) is 0 Å². The Bertz CT molecular complexity index is 476. The van der Waals surface area contributed by atoms with Crippen LogP contribution in [0.4, 0.5) is 0 Å². The Morgan fingerprint density at radius 3 is 2.53 bits per heavy atom. The van der Waals surface area contributed by atoms with Crippen molar-refractivity contribution in [2.24, 2.45) is 5.73 Å². The molecule has 3 N–H and O–H groups in total. The van der Waals surface area contributed by atoms with E-state index in [0.29, 0.717) is 9.87 Å². The smallest absolute Gasteiger partial charge is 0.264 e. The van der Waals surface area contributed by atoms with Gasteiger partial charge in [0.15, 0.2) is 0 Å². The summed E-state index contributed by atoms with van der Waals surface area (Å²) in [5.74, 6) is -0.102.